The Morgan fingerprint density at radius 1 is 1.63 bits per heavy atom. The highest BCUT2D eigenvalue weighted by Crippen LogP contribution is 2.38. The minimum absolute atomic E-state index is 0.0356. The molecule has 19 heavy (non-hydrogen) atoms. The lowest BCUT2D eigenvalue weighted by atomic mass is 9.98. The number of rotatable bonds is 5. The highest BCUT2D eigenvalue weighted by molar-refractivity contribution is 5.43. The highest BCUT2D eigenvalue weighted by Gasteiger charge is 2.43. The van der Waals surface area contributed by atoms with Crippen molar-refractivity contribution >= 4 is 5.69 Å². The van der Waals surface area contributed by atoms with Gasteiger partial charge in [0.2, 0.25) is 0 Å². The summed E-state index contributed by atoms with van der Waals surface area (Å²) >= 11 is 0. The van der Waals surface area contributed by atoms with Crippen LogP contribution in [0.1, 0.15) is 18.4 Å². The van der Waals surface area contributed by atoms with E-state index in [0.29, 0.717) is 5.75 Å². The second-order valence-electron chi connectivity index (χ2n) is 4.92. The van der Waals surface area contributed by atoms with Crippen LogP contribution in [0.5, 0.6) is 5.75 Å². The lowest BCUT2D eigenvalue weighted by Crippen LogP contribution is -2.46. The van der Waals surface area contributed by atoms with Gasteiger partial charge in [-0.25, -0.2) is 0 Å². The molecule has 1 aliphatic rings. The predicted molar refractivity (Wildman–Crippen MR) is 68.6 cm³/mol. The van der Waals surface area contributed by atoms with Crippen LogP contribution in [-0.4, -0.2) is 17.1 Å². The molecular weight excluding hydrogens is 246 g/mol. The number of non-ortho nitro benzene ring substituents is 1. The predicted octanol–water partition coefficient (Wildman–Crippen LogP) is 1.91. The van der Waals surface area contributed by atoms with Gasteiger partial charge in [-0.1, -0.05) is 0 Å². The van der Waals surface area contributed by atoms with Crippen molar-refractivity contribution in [1.82, 2.24) is 0 Å². The van der Waals surface area contributed by atoms with Crippen LogP contribution < -0.4 is 10.5 Å². The first kappa shape index (κ1) is 13.3. The summed E-state index contributed by atoms with van der Waals surface area (Å²) in [6.07, 6.45) is 1.86. The van der Waals surface area contributed by atoms with E-state index in [4.69, 9.17) is 15.7 Å². The van der Waals surface area contributed by atoms with E-state index in [-0.39, 0.29) is 18.2 Å². The van der Waals surface area contributed by atoms with Crippen molar-refractivity contribution in [1.29, 1.82) is 5.26 Å². The summed E-state index contributed by atoms with van der Waals surface area (Å²) in [7, 11) is 0. The van der Waals surface area contributed by atoms with Crippen LogP contribution >= 0.6 is 0 Å². The van der Waals surface area contributed by atoms with Crippen LogP contribution in [0, 0.1) is 34.3 Å². The number of nitrogens with two attached hydrogens (primary N) is 1. The summed E-state index contributed by atoms with van der Waals surface area (Å²) in [5.74, 6) is 0.566. The van der Waals surface area contributed by atoms with E-state index in [1.165, 1.54) is 12.1 Å². The molecule has 1 unspecified atom stereocenters. The molecule has 1 aromatic rings. The molecule has 0 heterocycles. The van der Waals surface area contributed by atoms with E-state index in [1.807, 2.05) is 0 Å². The average molecular weight is 261 g/mol. The Labute approximate surface area is 110 Å². The van der Waals surface area contributed by atoms with Crippen LogP contribution in [0.2, 0.25) is 0 Å². The van der Waals surface area contributed by atoms with E-state index in [1.54, 1.807) is 13.0 Å². The summed E-state index contributed by atoms with van der Waals surface area (Å²) < 4.78 is 5.53. The molecule has 100 valence electrons. The fraction of sp³-hybridized carbons (Fsp3) is 0.462. The third-order valence-corrected chi connectivity index (χ3v) is 3.36. The minimum atomic E-state index is -1.00. The third-order valence-electron chi connectivity index (χ3n) is 3.36. The zero-order chi connectivity index (χ0) is 14.0. The molecule has 0 radical (unpaired) electrons. The molecule has 0 bridgehead atoms. The number of nitrogens with zero attached hydrogens (tertiary/aromatic N) is 2. The van der Waals surface area contributed by atoms with Crippen LogP contribution in [0.25, 0.3) is 0 Å². The van der Waals surface area contributed by atoms with Gasteiger partial charge in [0.25, 0.3) is 5.69 Å². The van der Waals surface area contributed by atoms with E-state index in [9.17, 15) is 10.1 Å². The lowest BCUT2D eigenvalue weighted by Gasteiger charge is -2.21. The SMILES string of the molecule is Cc1ccc([N+](=O)[O-])cc1OCC(N)(C#N)C1CC1. The first-order valence-electron chi connectivity index (χ1n) is 6.04. The maximum atomic E-state index is 10.7. The largest absolute Gasteiger partial charge is 0.490 e. The molecule has 0 saturated heterocycles. The molecule has 2 N–H and O–H groups in total. The smallest absolute Gasteiger partial charge is 0.273 e. The average Bonchev–Trinajstić information content (AvgIpc) is 3.21. The molecule has 6 nitrogen and oxygen atoms in total. The van der Waals surface area contributed by atoms with Gasteiger partial charge >= 0.3 is 0 Å². The van der Waals surface area contributed by atoms with Gasteiger partial charge in [0.1, 0.15) is 17.9 Å². The molecule has 1 saturated carbocycles. The van der Waals surface area contributed by atoms with Crippen molar-refractivity contribution < 1.29 is 9.66 Å². The van der Waals surface area contributed by atoms with Crippen molar-refractivity contribution in [2.75, 3.05) is 6.61 Å². The number of hydrogen-bond donors (Lipinski definition) is 1. The number of aryl methyl sites for hydroxylation is 1. The zero-order valence-corrected chi connectivity index (χ0v) is 10.6. The Kier molecular flexibility index (Phi) is 3.40. The van der Waals surface area contributed by atoms with Gasteiger partial charge in [-0.05, 0) is 37.3 Å². The van der Waals surface area contributed by atoms with Gasteiger partial charge in [0.05, 0.1) is 17.1 Å². The molecule has 0 spiro atoms. The van der Waals surface area contributed by atoms with Gasteiger partial charge in [0, 0.05) is 6.07 Å². The topological polar surface area (TPSA) is 102 Å². The third kappa shape index (κ3) is 2.83. The fourth-order valence-corrected chi connectivity index (χ4v) is 1.89. The number of nitriles is 1. The molecular formula is C13H15N3O3. The Morgan fingerprint density at radius 3 is 2.84 bits per heavy atom. The Bertz CT molecular complexity index is 549. The van der Waals surface area contributed by atoms with Crippen molar-refractivity contribution in [3.8, 4) is 11.8 Å². The Balaban J connectivity index is 2.13. The lowest BCUT2D eigenvalue weighted by molar-refractivity contribution is -0.385. The second-order valence-corrected chi connectivity index (χ2v) is 4.92. The molecule has 0 amide bonds. The summed E-state index contributed by atoms with van der Waals surface area (Å²) in [5.41, 5.74) is 5.72. The minimum Gasteiger partial charge on any atom is -0.490 e. The van der Waals surface area contributed by atoms with Crippen LogP contribution in [-0.2, 0) is 0 Å². The van der Waals surface area contributed by atoms with Gasteiger partial charge < -0.3 is 10.5 Å². The number of hydrogen-bond acceptors (Lipinski definition) is 5. The van der Waals surface area contributed by atoms with Crippen molar-refractivity contribution in [3.63, 3.8) is 0 Å². The van der Waals surface area contributed by atoms with Crippen LogP contribution in [0.15, 0.2) is 18.2 Å². The Morgan fingerprint density at radius 2 is 2.32 bits per heavy atom. The van der Waals surface area contributed by atoms with E-state index < -0.39 is 10.5 Å². The van der Waals surface area contributed by atoms with Crippen LogP contribution in [0.4, 0.5) is 5.69 Å². The van der Waals surface area contributed by atoms with E-state index in [2.05, 4.69) is 6.07 Å². The molecule has 1 aromatic carbocycles. The summed E-state index contributed by atoms with van der Waals surface area (Å²) in [4.78, 5) is 10.2. The van der Waals surface area contributed by atoms with E-state index >= 15 is 0 Å². The van der Waals surface area contributed by atoms with Crippen molar-refractivity contribution in [2.24, 2.45) is 11.7 Å². The Hall–Kier alpha value is -2.13. The van der Waals surface area contributed by atoms with Gasteiger partial charge in [-0.2, -0.15) is 5.26 Å². The van der Waals surface area contributed by atoms with Crippen molar-refractivity contribution in [3.05, 3.63) is 33.9 Å². The number of nitro groups is 1. The second kappa shape index (κ2) is 4.86. The first-order valence-corrected chi connectivity index (χ1v) is 6.04. The fourth-order valence-electron chi connectivity index (χ4n) is 1.89. The monoisotopic (exact) mass is 261 g/mol. The van der Waals surface area contributed by atoms with Gasteiger partial charge in [-0.3, -0.25) is 10.1 Å². The first-order chi connectivity index (χ1) is 8.96. The quantitative estimate of drug-likeness (QED) is 0.644. The molecule has 6 heteroatoms. The molecule has 1 fully saturated rings. The van der Waals surface area contributed by atoms with Crippen LogP contribution in [0.3, 0.4) is 0 Å². The van der Waals surface area contributed by atoms with Gasteiger partial charge in [-0.15, -0.1) is 0 Å². The molecule has 1 aliphatic carbocycles. The summed E-state index contributed by atoms with van der Waals surface area (Å²) in [6.45, 7) is 1.84. The number of nitro benzene ring substituents is 1. The number of benzene rings is 1. The van der Waals surface area contributed by atoms with Gasteiger partial charge in [0.15, 0.2) is 0 Å². The highest BCUT2D eigenvalue weighted by atomic mass is 16.6. The van der Waals surface area contributed by atoms with Crippen molar-refractivity contribution in [2.45, 2.75) is 25.3 Å². The zero-order valence-electron chi connectivity index (χ0n) is 10.6. The number of ether oxygens (including phenoxy) is 1. The summed E-state index contributed by atoms with van der Waals surface area (Å²) in [6, 6.07) is 6.49. The molecule has 0 aliphatic heterocycles. The summed E-state index contributed by atoms with van der Waals surface area (Å²) in [5, 5.41) is 19.8. The molecule has 0 aromatic heterocycles. The maximum absolute atomic E-state index is 10.7. The molecule has 2 rings (SSSR count). The maximum Gasteiger partial charge on any atom is 0.273 e. The molecule has 1 atom stereocenters. The normalized spacial score (nSPS) is 17.3. The standard InChI is InChI=1S/C13H15N3O3/c1-9-2-5-11(16(17)18)6-12(9)19-8-13(15,7-14)10-3-4-10/h2,5-6,10H,3-4,8,15H2,1H3. The van der Waals surface area contributed by atoms with E-state index in [0.717, 1.165) is 18.4 Å².